The zero-order valence-electron chi connectivity index (χ0n) is 15.5. The van der Waals surface area contributed by atoms with Crippen molar-refractivity contribution in [3.05, 3.63) is 36.4 Å². The molecule has 1 atom stereocenters. The number of anilines is 1. The van der Waals surface area contributed by atoms with Crippen molar-refractivity contribution < 1.29 is 13.6 Å². The summed E-state index contributed by atoms with van der Waals surface area (Å²) in [6, 6.07) is 10.7. The minimum Gasteiger partial charge on any atom is -0.326 e. The van der Waals surface area contributed by atoms with Crippen molar-refractivity contribution in [1.82, 2.24) is 0 Å². The summed E-state index contributed by atoms with van der Waals surface area (Å²) in [7, 11) is 0. The number of amides is 1. The van der Waals surface area contributed by atoms with Crippen molar-refractivity contribution in [3.8, 4) is 0 Å². The Morgan fingerprint density at radius 2 is 1.54 bits per heavy atom. The molecular weight excluding hydrogens is 346 g/mol. The minimum absolute atomic E-state index is 0.000919. The maximum Gasteiger partial charge on any atom is 0.224 e. The number of rotatable bonds is 11. The van der Waals surface area contributed by atoms with Crippen LogP contribution in [-0.2, 0) is 15.9 Å². The van der Waals surface area contributed by atoms with E-state index in [1.54, 1.807) is 18.2 Å². The number of hydrogen-bond donors (Lipinski definition) is 2. The molecule has 2 aromatic carbocycles. The molecule has 2 N–H and O–H groups in total. The summed E-state index contributed by atoms with van der Waals surface area (Å²) >= 11 is -2.05. The van der Waals surface area contributed by atoms with Crippen LogP contribution >= 0.6 is 0 Å². The van der Waals surface area contributed by atoms with Gasteiger partial charge in [-0.25, -0.2) is 4.21 Å². The molecule has 0 spiro atoms. The molecule has 1 amide bonds. The van der Waals surface area contributed by atoms with E-state index in [-0.39, 0.29) is 5.91 Å². The fourth-order valence-corrected chi connectivity index (χ4v) is 3.72. The van der Waals surface area contributed by atoms with Gasteiger partial charge in [0, 0.05) is 22.9 Å². The van der Waals surface area contributed by atoms with Gasteiger partial charge in [0.2, 0.25) is 5.91 Å². The zero-order chi connectivity index (χ0) is 18.8. The topological polar surface area (TPSA) is 66.4 Å². The number of carbonyl (C=O) groups is 1. The van der Waals surface area contributed by atoms with Crippen LogP contribution in [0.25, 0.3) is 10.8 Å². The average Bonchev–Trinajstić information content (AvgIpc) is 2.64. The summed E-state index contributed by atoms with van der Waals surface area (Å²) in [4.78, 5) is 12.6. The van der Waals surface area contributed by atoms with Crippen LogP contribution in [0, 0.1) is 0 Å². The summed E-state index contributed by atoms with van der Waals surface area (Å²) < 4.78 is 20.9. The van der Waals surface area contributed by atoms with Crippen LogP contribution in [0.4, 0.5) is 5.69 Å². The lowest BCUT2D eigenvalue weighted by Crippen LogP contribution is -2.11. The molecule has 0 aliphatic heterocycles. The van der Waals surface area contributed by atoms with E-state index in [4.69, 9.17) is 0 Å². The second-order valence-corrected chi connectivity index (χ2v) is 7.62. The number of unbranched alkanes of at least 4 members (excludes halogenated alkanes) is 7. The SMILES string of the molecule is CCCCCCCCCCC(=O)Nc1ccc(S(=O)O)c2ccccc12. The Bertz CT molecular complexity index is 745. The highest BCUT2D eigenvalue weighted by Crippen LogP contribution is 2.28. The smallest absolute Gasteiger partial charge is 0.224 e. The fourth-order valence-electron chi connectivity index (χ4n) is 3.16. The van der Waals surface area contributed by atoms with Gasteiger partial charge in [-0.1, -0.05) is 76.1 Å². The molecule has 0 saturated heterocycles. The minimum atomic E-state index is -2.05. The van der Waals surface area contributed by atoms with E-state index in [0.717, 1.165) is 18.2 Å². The Balaban J connectivity index is 1.84. The largest absolute Gasteiger partial charge is 0.326 e. The second-order valence-electron chi connectivity index (χ2n) is 6.68. The first-order valence-electron chi connectivity index (χ1n) is 9.56. The molecule has 26 heavy (non-hydrogen) atoms. The normalized spacial score (nSPS) is 12.2. The number of carbonyl (C=O) groups excluding carboxylic acids is 1. The number of benzene rings is 2. The van der Waals surface area contributed by atoms with Gasteiger partial charge in [-0.2, -0.15) is 0 Å². The Hall–Kier alpha value is -1.72. The Morgan fingerprint density at radius 3 is 2.19 bits per heavy atom. The van der Waals surface area contributed by atoms with E-state index in [9.17, 15) is 13.6 Å². The van der Waals surface area contributed by atoms with Gasteiger partial charge in [0.25, 0.3) is 0 Å². The molecule has 2 rings (SSSR count). The van der Waals surface area contributed by atoms with Crippen LogP contribution in [0.2, 0.25) is 0 Å². The third kappa shape index (κ3) is 6.22. The number of fused-ring (bicyclic) bond motifs is 1. The van der Waals surface area contributed by atoms with Gasteiger partial charge in [0.1, 0.15) is 0 Å². The van der Waals surface area contributed by atoms with Gasteiger partial charge in [-0.3, -0.25) is 4.79 Å². The predicted molar refractivity (Wildman–Crippen MR) is 109 cm³/mol. The van der Waals surface area contributed by atoms with Crippen LogP contribution in [0.5, 0.6) is 0 Å². The van der Waals surface area contributed by atoms with Crippen molar-refractivity contribution in [2.75, 3.05) is 5.32 Å². The standard InChI is InChI=1S/C21H29NO3S/c1-2-3-4-5-6-7-8-9-14-21(23)22-19-15-16-20(26(24)25)18-13-11-10-12-17(18)19/h10-13,15-16H,2-9,14H2,1H3,(H,22,23)(H,24,25). The van der Waals surface area contributed by atoms with E-state index in [1.807, 2.05) is 18.2 Å². The van der Waals surface area contributed by atoms with Crippen molar-refractivity contribution in [3.63, 3.8) is 0 Å². The zero-order valence-corrected chi connectivity index (χ0v) is 16.3. The van der Waals surface area contributed by atoms with Gasteiger partial charge in [-0.05, 0) is 18.6 Å². The van der Waals surface area contributed by atoms with Crippen LogP contribution in [-0.4, -0.2) is 14.7 Å². The van der Waals surface area contributed by atoms with Crippen LogP contribution in [0.15, 0.2) is 41.3 Å². The third-order valence-corrected chi connectivity index (χ3v) is 5.34. The summed E-state index contributed by atoms with van der Waals surface area (Å²) in [6.07, 6.45) is 10.1. The van der Waals surface area contributed by atoms with Gasteiger partial charge in [0.05, 0.1) is 4.90 Å². The van der Waals surface area contributed by atoms with E-state index in [1.165, 1.54) is 38.5 Å². The molecule has 0 saturated carbocycles. The predicted octanol–water partition coefficient (Wildman–Crippen LogP) is 5.89. The molecule has 0 heterocycles. The molecule has 0 radical (unpaired) electrons. The first-order chi connectivity index (χ1) is 12.6. The Kier molecular flexibility index (Phi) is 8.78. The number of nitrogens with one attached hydrogen (secondary N) is 1. The lowest BCUT2D eigenvalue weighted by molar-refractivity contribution is -0.116. The van der Waals surface area contributed by atoms with Gasteiger partial charge in [0.15, 0.2) is 11.1 Å². The molecule has 0 aliphatic carbocycles. The third-order valence-electron chi connectivity index (χ3n) is 4.60. The van der Waals surface area contributed by atoms with Crippen molar-refractivity contribution >= 4 is 33.4 Å². The molecule has 0 bridgehead atoms. The summed E-state index contributed by atoms with van der Waals surface area (Å²) in [5.41, 5.74) is 0.694. The highest BCUT2D eigenvalue weighted by molar-refractivity contribution is 7.79. The lowest BCUT2D eigenvalue weighted by atomic mass is 10.1. The maximum absolute atomic E-state index is 12.2. The van der Waals surface area contributed by atoms with Crippen molar-refractivity contribution in [1.29, 1.82) is 0 Å². The van der Waals surface area contributed by atoms with Crippen LogP contribution in [0.1, 0.15) is 64.7 Å². The molecular formula is C21H29NO3S. The lowest BCUT2D eigenvalue weighted by Gasteiger charge is -2.11. The van der Waals surface area contributed by atoms with Crippen molar-refractivity contribution in [2.24, 2.45) is 0 Å². The van der Waals surface area contributed by atoms with E-state index >= 15 is 0 Å². The Morgan fingerprint density at radius 1 is 0.923 bits per heavy atom. The maximum atomic E-state index is 12.2. The molecule has 0 fully saturated rings. The number of hydrogen-bond acceptors (Lipinski definition) is 2. The average molecular weight is 376 g/mol. The molecule has 0 aromatic heterocycles. The molecule has 1 unspecified atom stereocenters. The first-order valence-corrected chi connectivity index (χ1v) is 10.7. The van der Waals surface area contributed by atoms with Gasteiger partial charge >= 0.3 is 0 Å². The molecule has 0 aliphatic rings. The van der Waals surface area contributed by atoms with Gasteiger partial charge in [-0.15, -0.1) is 0 Å². The highest BCUT2D eigenvalue weighted by Gasteiger charge is 2.11. The van der Waals surface area contributed by atoms with E-state index < -0.39 is 11.1 Å². The molecule has 5 heteroatoms. The van der Waals surface area contributed by atoms with Gasteiger partial charge < -0.3 is 9.87 Å². The molecule has 142 valence electrons. The summed E-state index contributed by atoms with van der Waals surface area (Å²) in [5, 5.41) is 4.43. The van der Waals surface area contributed by atoms with Crippen molar-refractivity contribution in [2.45, 2.75) is 69.6 Å². The van der Waals surface area contributed by atoms with Crippen LogP contribution < -0.4 is 5.32 Å². The molecule has 4 nitrogen and oxygen atoms in total. The highest BCUT2D eigenvalue weighted by atomic mass is 32.2. The summed E-state index contributed by atoms with van der Waals surface area (Å²) in [5.74, 6) is -0.000919. The quantitative estimate of drug-likeness (QED) is 0.380. The van der Waals surface area contributed by atoms with Crippen LogP contribution in [0.3, 0.4) is 0 Å². The fraction of sp³-hybridized carbons (Fsp3) is 0.476. The Labute approximate surface area is 158 Å². The molecule has 2 aromatic rings. The van der Waals surface area contributed by atoms with E-state index in [2.05, 4.69) is 12.2 Å². The first kappa shape index (κ1) is 20.6. The summed E-state index contributed by atoms with van der Waals surface area (Å²) in [6.45, 7) is 2.22. The second kappa shape index (κ2) is 11.1. The monoisotopic (exact) mass is 375 g/mol. The van der Waals surface area contributed by atoms with E-state index in [0.29, 0.717) is 22.4 Å².